The molecule has 0 aromatic heterocycles. The highest BCUT2D eigenvalue weighted by atomic mass is 19.4. The van der Waals surface area contributed by atoms with Gasteiger partial charge < -0.3 is 10.6 Å². The van der Waals surface area contributed by atoms with E-state index in [9.17, 15) is 18.0 Å². The summed E-state index contributed by atoms with van der Waals surface area (Å²) < 4.78 is 35.1. The molecule has 3 nitrogen and oxygen atoms in total. The molecule has 1 heterocycles. The number of carbonyl (C=O) groups excluding carboxylic acids is 1. The van der Waals surface area contributed by atoms with Crippen LogP contribution in [-0.4, -0.2) is 31.2 Å². The van der Waals surface area contributed by atoms with Gasteiger partial charge >= 0.3 is 6.18 Å². The lowest BCUT2D eigenvalue weighted by Crippen LogP contribution is -2.41. The van der Waals surface area contributed by atoms with Gasteiger partial charge in [0.15, 0.2) is 0 Å². The molecule has 1 rings (SSSR count). The molecule has 0 aliphatic carbocycles. The Morgan fingerprint density at radius 2 is 2.21 bits per heavy atom. The van der Waals surface area contributed by atoms with Gasteiger partial charge in [-0.25, -0.2) is 0 Å². The second-order valence-electron chi connectivity index (χ2n) is 3.31. The van der Waals surface area contributed by atoms with Crippen molar-refractivity contribution >= 4 is 5.91 Å². The lowest BCUT2D eigenvalue weighted by Gasteiger charge is -2.11. The molecule has 82 valence electrons. The number of alkyl halides is 3. The maximum absolute atomic E-state index is 11.7. The third-order valence-corrected chi connectivity index (χ3v) is 2.08. The predicted molar refractivity (Wildman–Crippen MR) is 44.7 cm³/mol. The van der Waals surface area contributed by atoms with Gasteiger partial charge in [0, 0.05) is 6.54 Å². The van der Waals surface area contributed by atoms with Crippen molar-refractivity contribution in [2.75, 3.05) is 13.1 Å². The average Bonchev–Trinajstić information content (AvgIpc) is 2.53. The van der Waals surface area contributed by atoms with Crippen LogP contribution in [0.3, 0.4) is 0 Å². The zero-order chi connectivity index (χ0) is 10.6. The van der Waals surface area contributed by atoms with Crippen LogP contribution >= 0.6 is 0 Å². The number of halogens is 3. The molecule has 6 heteroatoms. The average molecular weight is 210 g/mol. The minimum Gasteiger partial charge on any atom is -0.354 e. The zero-order valence-electron chi connectivity index (χ0n) is 7.66. The fourth-order valence-corrected chi connectivity index (χ4v) is 1.36. The van der Waals surface area contributed by atoms with Crippen LogP contribution in [0.25, 0.3) is 0 Å². The summed E-state index contributed by atoms with van der Waals surface area (Å²) in [5.74, 6) is -0.327. The highest BCUT2D eigenvalue weighted by Crippen LogP contribution is 2.18. The first-order valence-electron chi connectivity index (χ1n) is 4.57. The van der Waals surface area contributed by atoms with Crippen molar-refractivity contribution in [2.45, 2.75) is 31.5 Å². The van der Waals surface area contributed by atoms with Gasteiger partial charge in [0.2, 0.25) is 5.91 Å². The van der Waals surface area contributed by atoms with Crippen molar-refractivity contribution in [1.82, 2.24) is 10.6 Å². The fourth-order valence-electron chi connectivity index (χ4n) is 1.36. The van der Waals surface area contributed by atoms with E-state index in [4.69, 9.17) is 0 Å². The first-order valence-corrected chi connectivity index (χ1v) is 4.57. The molecule has 1 amide bonds. The summed E-state index contributed by atoms with van der Waals surface area (Å²) in [6.45, 7) is 0.428. The van der Waals surface area contributed by atoms with E-state index in [1.54, 1.807) is 0 Å². The summed E-state index contributed by atoms with van der Waals surface area (Å²) in [6.07, 6.45) is -3.56. The lowest BCUT2D eigenvalue weighted by molar-refractivity contribution is -0.136. The smallest absolute Gasteiger partial charge is 0.354 e. The maximum atomic E-state index is 11.7. The minimum atomic E-state index is -4.20. The van der Waals surface area contributed by atoms with Crippen LogP contribution in [0.4, 0.5) is 13.2 Å². The molecule has 0 spiro atoms. The van der Waals surface area contributed by atoms with Gasteiger partial charge in [-0.2, -0.15) is 13.2 Å². The molecule has 1 saturated heterocycles. The third-order valence-electron chi connectivity index (χ3n) is 2.08. The fraction of sp³-hybridized carbons (Fsp3) is 0.875. The summed E-state index contributed by atoms with van der Waals surface area (Å²) in [5, 5.41) is 5.17. The Kier molecular flexibility index (Phi) is 3.74. The largest absolute Gasteiger partial charge is 0.390 e. The van der Waals surface area contributed by atoms with Gasteiger partial charge in [-0.15, -0.1) is 0 Å². The van der Waals surface area contributed by atoms with Gasteiger partial charge in [0.05, 0.1) is 12.5 Å². The first kappa shape index (κ1) is 11.3. The van der Waals surface area contributed by atoms with Crippen LogP contribution in [0, 0.1) is 0 Å². The van der Waals surface area contributed by atoms with E-state index in [-0.39, 0.29) is 18.5 Å². The van der Waals surface area contributed by atoms with E-state index in [0.717, 1.165) is 13.0 Å². The molecule has 0 aromatic carbocycles. The molecular formula is C8H13F3N2O. The van der Waals surface area contributed by atoms with E-state index in [1.165, 1.54) is 0 Å². The van der Waals surface area contributed by atoms with Gasteiger partial charge in [0.25, 0.3) is 0 Å². The van der Waals surface area contributed by atoms with Crippen molar-refractivity contribution in [1.29, 1.82) is 0 Å². The van der Waals surface area contributed by atoms with Crippen LogP contribution in [0.5, 0.6) is 0 Å². The molecule has 1 aliphatic rings. The van der Waals surface area contributed by atoms with E-state index in [1.807, 2.05) is 0 Å². The van der Waals surface area contributed by atoms with E-state index in [2.05, 4.69) is 10.6 Å². The zero-order valence-corrected chi connectivity index (χ0v) is 7.66. The maximum Gasteiger partial charge on any atom is 0.390 e. The number of carbonyl (C=O) groups is 1. The van der Waals surface area contributed by atoms with Gasteiger partial charge in [-0.05, 0) is 19.4 Å². The first-order chi connectivity index (χ1) is 6.49. The Labute approximate surface area is 80.0 Å². The summed E-state index contributed by atoms with van der Waals surface area (Å²) in [7, 11) is 0. The summed E-state index contributed by atoms with van der Waals surface area (Å²) in [4.78, 5) is 11.2. The lowest BCUT2D eigenvalue weighted by atomic mass is 10.2. The number of rotatable bonds is 3. The number of amides is 1. The molecule has 1 atom stereocenters. The molecular weight excluding hydrogens is 197 g/mol. The quantitative estimate of drug-likeness (QED) is 0.723. The molecule has 0 aromatic rings. The minimum absolute atomic E-state index is 0.303. The summed E-state index contributed by atoms with van der Waals surface area (Å²) >= 11 is 0. The normalized spacial score (nSPS) is 22.4. The van der Waals surface area contributed by atoms with Crippen LogP contribution in [0.2, 0.25) is 0 Å². The van der Waals surface area contributed by atoms with Crippen LogP contribution < -0.4 is 10.6 Å². The monoisotopic (exact) mass is 210 g/mol. The Morgan fingerprint density at radius 3 is 2.71 bits per heavy atom. The Hall–Kier alpha value is -0.780. The Morgan fingerprint density at radius 1 is 1.50 bits per heavy atom. The number of hydrogen-bond acceptors (Lipinski definition) is 2. The molecule has 2 N–H and O–H groups in total. The van der Waals surface area contributed by atoms with E-state index in [0.29, 0.717) is 6.42 Å². The molecule has 1 fully saturated rings. The second-order valence-corrected chi connectivity index (χ2v) is 3.31. The van der Waals surface area contributed by atoms with Crippen molar-refractivity contribution in [3.63, 3.8) is 0 Å². The number of hydrogen-bond donors (Lipinski definition) is 2. The second kappa shape index (κ2) is 4.63. The van der Waals surface area contributed by atoms with Crippen molar-refractivity contribution in [2.24, 2.45) is 0 Å². The van der Waals surface area contributed by atoms with Crippen LogP contribution in [0.15, 0.2) is 0 Å². The highest BCUT2D eigenvalue weighted by Gasteiger charge is 2.28. The van der Waals surface area contributed by atoms with Gasteiger partial charge in [-0.3, -0.25) is 4.79 Å². The van der Waals surface area contributed by atoms with Crippen molar-refractivity contribution in [3.05, 3.63) is 0 Å². The molecule has 0 radical (unpaired) electrons. The SMILES string of the molecule is O=C(NCCC(F)(F)F)[C@@H]1CCCN1. The molecule has 0 saturated carbocycles. The van der Waals surface area contributed by atoms with Gasteiger partial charge in [0.1, 0.15) is 0 Å². The number of nitrogens with one attached hydrogen (secondary N) is 2. The summed E-state index contributed by atoms with van der Waals surface area (Å²) in [6, 6.07) is -0.303. The molecule has 0 bridgehead atoms. The molecule has 1 aliphatic heterocycles. The third kappa shape index (κ3) is 3.95. The van der Waals surface area contributed by atoms with Crippen LogP contribution in [0.1, 0.15) is 19.3 Å². The van der Waals surface area contributed by atoms with Crippen molar-refractivity contribution < 1.29 is 18.0 Å². The topological polar surface area (TPSA) is 41.1 Å². The predicted octanol–water partition coefficient (Wildman–Crippen LogP) is 0.807. The highest BCUT2D eigenvalue weighted by molar-refractivity contribution is 5.81. The Bertz CT molecular complexity index is 199. The van der Waals surface area contributed by atoms with Crippen LogP contribution in [-0.2, 0) is 4.79 Å². The molecule has 14 heavy (non-hydrogen) atoms. The standard InChI is InChI=1S/C8H13F3N2O/c9-8(10,11)3-5-13-7(14)6-2-1-4-12-6/h6,12H,1-5H2,(H,13,14)/t6-/m0/s1. The van der Waals surface area contributed by atoms with Crippen molar-refractivity contribution in [3.8, 4) is 0 Å². The summed E-state index contributed by atoms with van der Waals surface area (Å²) in [5.41, 5.74) is 0. The Balaban J connectivity index is 2.15. The molecule has 0 unspecified atom stereocenters. The van der Waals surface area contributed by atoms with E-state index >= 15 is 0 Å². The van der Waals surface area contributed by atoms with E-state index < -0.39 is 12.6 Å². The van der Waals surface area contributed by atoms with Gasteiger partial charge in [-0.1, -0.05) is 0 Å².